The van der Waals surface area contributed by atoms with Crippen LogP contribution in [0.1, 0.15) is 5.69 Å². The van der Waals surface area contributed by atoms with E-state index in [0.717, 1.165) is 0 Å². The zero-order valence-electron chi connectivity index (χ0n) is 13.6. The Balaban J connectivity index is 2.11. The maximum atomic E-state index is 13.3. The van der Waals surface area contributed by atoms with Crippen LogP contribution in [0.3, 0.4) is 0 Å². The van der Waals surface area contributed by atoms with Gasteiger partial charge in [0.05, 0.1) is 17.2 Å². The van der Waals surface area contributed by atoms with Gasteiger partial charge in [-0.15, -0.1) is 0 Å². The minimum atomic E-state index is -4.41. The van der Waals surface area contributed by atoms with E-state index in [4.69, 9.17) is 16.9 Å². The zero-order valence-corrected chi connectivity index (χ0v) is 14.4. The van der Waals surface area contributed by atoms with E-state index in [1.807, 2.05) is 6.07 Å². The fourth-order valence-corrected chi connectivity index (χ4v) is 3.45. The fraction of sp³-hybridized carbons (Fsp3) is 0.105. The van der Waals surface area contributed by atoms with Crippen LogP contribution in [0.5, 0.6) is 0 Å². The monoisotopic (exact) mass is 386 g/mol. The van der Waals surface area contributed by atoms with Gasteiger partial charge in [0.15, 0.2) is 0 Å². The fourth-order valence-electron chi connectivity index (χ4n) is 3.23. The first kappa shape index (κ1) is 17.3. The van der Waals surface area contributed by atoms with Gasteiger partial charge in [-0.3, -0.25) is 4.98 Å². The van der Waals surface area contributed by atoms with Crippen LogP contribution in [0, 0.1) is 11.3 Å². The van der Waals surface area contributed by atoms with E-state index in [9.17, 15) is 13.2 Å². The number of halogens is 4. The number of aromatic nitrogens is 3. The smallest absolute Gasteiger partial charge is 0.329 e. The molecule has 3 aromatic heterocycles. The number of hydrogen-bond acceptors (Lipinski definition) is 3. The molecule has 0 aliphatic heterocycles. The molecule has 0 aliphatic carbocycles. The lowest BCUT2D eigenvalue weighted by atomic mass is 10.0. The number of nitrogens with zero attached hydrogens (tertiary/aromatic N) is 4. The molecule has 134 valence electrons. The van der Waals surface area contributed by atoms with Crippen LogP contribution in [0.15, 0.2) is 48.9 Å². The molecule has 0 radical (unpaired) electrons. The van der Waals surface area contributed by atoms with Crippen LogP contribution in [0.25, 0.3) is 32.9 Å². The highest BCUT2D eigenvalue weighted by Gasteiger charge is 2.30. The van der Waals surface area contributed by atoms with Crippen LogP contribution in [-0.4, -0.2) is 20.7 Å². The Morgan fingerprint density at radius 1 is 1.11 bits per heavy atom. The first-order chi connectivity index (χ1) is 12.9. The first-order valence-corrected chi connectivity index (χ1v) is 8.24. The summed E-state index contributed by atoms with van der Waals surface area (Å²) in [5.41, 5.74) is 2.06. The summed E-state index contributed by atoms with van der Waals surface area (Å²) in [6, 6.07) is 9.99. The largest absolute Gasteiger partial charge is 0.406 e. The molecule has 4 aromatic rings. The highest BCUT2D eigenvalue weighted by molar-refractivity contribution is 6.32. The van der Waals surface area contributed by atoms with E-state index in [1.165, 1.54) is 29.2 Å². The molecular weight excluding hydrogens is 377 g/mol. The maximum absolute atomic E-state index is 13.3. The summed E-state index contributed by atoms with van der Waals surface area (Å²) in [7, 11) is 0. The lowest BCUT2D eigenvalue weighted by Crippen LogP contribution is -2.17. The second-order valence-corrected chi connectivity index (χ2v) is 6.42. The second-order valence-electron chi connectivity index (χ2n) is 5.99. The molecule has 0 saturated carbocycles. The van der Waals surface area contributed by atoms with E-state index < -0.39 is 12.7 Å². The molecule has 27 heavy (non-hydrogen) atoms. The Labute approximate surface area is 156 Å². The Kier molecular flexibility index (Phi) is 4.01. The van der Waals surface area contributed by atoms with Crippen LogP contribution in [0.4, 0.5) is 13.2 Å². The summed E-state index contributed by atoms with van der Waals surface area (Å²) >= 11 is 6.26. The van der Waals surface area contributed by atoms with E-state index in [1.54, 1.807) is 24.3 Å². The second kappa shape index (κ2) is 6.25. The Hall–Kier alpha value is -3.11. The van der Waals surface area contributed by atoms with Crippen molar-refractivity contribution in [1.82, 2.24) is 14.5 Å². The standard InChI is InChI=1S/C19H10ClF3N4/c20-12-5-15(11-1-2-13(7-24)26-8-11)18-16(6-12)14-3-4-25-9-17(14)27(18)10-19(21,22)23/h1-6,8-9H,10H2. The topological polar surface area (TPSA) is 54.5 Å². The van der Waals surface area contributed by atoms with Crippen molar-refractivity contribution in [1.29, 1.82) is 5.26 Å². The van der Waals surface area contributed by atoms with Gasteiger partial charge in [0.1, 0.15) is 18.3 Å². The molecule has 0 unspecified atom stereocenters. The van der Waals surface area contributed by atoms with Gasteiger partial charge in [-0.05, 0) is 30.3 Å². The molecule has 3 heterocycles. The number of hydrogen-bond donors (Lipinski definition) is 0. The summed E-state index contributed by atoms with van der Waals surface area (Å²) in [5.74, 6) is 0. The van der Waals surface area contributed by atoms with Crippen molar-refractivity contribution in [2.45, 2.75) is 12.7 Å². The molecular formula is C19H10ClF3N4. The minimum absolute atomic E-state index is 0.219. The molecule has 4 nitrogen and oxygen atoms in total. The molecule has 8 heteroatoms. The highest BCUT2D eigenvalue weighted by Crippen LogP contribution is 2.39. The van der Waals surface area contributed by atoms with Crippen molar-refractivity contribution < 1.29 is 13.2 Å². The molecule has 0 amide bonds. The van der Waals surface area contributed by atoms with E-state index in [-0.39, 0.29) is 5.69 Å². The summed E-state index contributed by atoms with van der Waals surface area (Å²) in [5, 5.41) is 10.5. The maximum Gasteiger partial charge on any atom is 0.406 e. The average molecular weight is 387 g/mol. The predicted molar refractivity (Wildman–Crippen MR) is 96.3 cm³/mol. The SMILES string of the molecule is N#Cc1ccc(-c2cc(Cl)cc3c4ccncc4n(CC(F)(F)F)c23)cn1. The van der Waals surface area contributed by atoms with Crippen LogP contribution >= 0.6 is 11.6 Å². The van der Waals surface area contributed by atoms with E-state index in [2.05, 4.69) is 9.97 Å². The third-order valence-corrected chi connectivity index (χ3v) is 4.47. The van der Waals surface area contributed by atoms with Crippen LogP contribution in [-0.2, 0) is 6.54 Å². The van der Waals surface area contributed by atoms with Gasteiger partial charge in [0.25, 0.3) is 0 Å². The van der Waals surface area contributed by atoms with Gasteiger partial charge in [-0.2, -0.15) is 18.4 Å². The average Bonchev–Trinajstić information content (AvgIpc) is 2.94. The minimum Gasteiger partial charge on any atom is -0.329 e. The van der Waals surface area contributed by atoms with Gasteiger partial charge in [-0.1, -0.05) is 11.6 Å². The number of alkyl halides is 3. The lowest BCUT2D eigenvalue weighted by Gasteiger charge is -2.13. The molecule has 4 rings (SSSR count). The van der Waals surface area contributed by atoms with Gasteiger partial charge in [0, 0.05) is 39.3 Å². The van der Waals surface area contributed by atoms with Crippen LogP contribution < -0.4 is 0 Å². The molecule has 1 aromatic carbocycles. The molecule has 0 atom stereocenters. The number of benzene rings is 1. The van der Waals surface area contributed by atoms with E-state index in [0.29, 0.717) is 38.0 Å². The summed E-state index contributed by atoms with van der Waals surface area (Å²) in [4.78, 5) is 8.00. The molecule has 0 bridgehead atoms. The Bertz CT molecular complexity index is 1200. The predicted octanol–water partition coefficient (Wildman–Crippen LogP) is 5.34. The van der Waals surface area contributed by atoms with Crippen molar-refractivity contribution in [3.63, 3.8) is 0 Å². The third kappa shape index (κ3) is 3.09. The normalized spacial score (nSPS) is 11.8. The molecule has 0 N–H and O–H groups in total. The van der Waals surface area contributed by atoms with Crippen LogP contribution in [0.2, 0.25) is 5.02 Å². The number of fused-ring (bicyclic) bond motifs is 3. The number of rotatable bonds is 2. The highest BCUT2D eigenvalue weighted by atomic mass is 35.5. The summed E-state index contributed by atoms with van der Waals surface area (Å²) in [6.07, 6.45) is -0.00855. The van der Waals surface area contributed by atoms with Crippen molar-refractivity contribution in [2.75, 3.05) is 0 Å². The van der Waals surface area contributed by atoms with E-state index >= 15 is 0 Å². The van der Waals surface area contributed by atoms with Crippen molar-refractivity contribution in [3.8, 4) is 17.2 Å². The first-order valence-electron chi connectivity index (χ1n) is 7.86. The van der Waals surface area contributed by atoms with Crippen molar-refractivity contribution in [3.05, 3.63) is 59.6 Å². The molecule has 0 saturated heterocycles. The van der Waals surface area contributed by atoms with Crippen molar-refractivity contribution >= 4 is 33.4 Å². The quantitative estimate of drug-likeness (QED) is 0.467. The van der Waals surface area contributed by atoms with Crippen molar-refractivity contribution in [2.24, 2.45) is 0 Å². The lowest BCUT2D eigenvalue weighted by molar-refractivity contribution is -0.139. The molecule has 0 spiro atoms. The third-order valence-electron chi connectivity index (χ3n) is 4.25. The molecule has 0 fully saturated rings. The summed E-state index contributed by atoms with van der Waals surface area (Å²) < 4.78 is 41.0. The van der Waals surface area contributed by atoms with Gasteiger partial charge in [0.2, 0.25) is 0 Å². The van der Waals surface area contributed by atoms with Gasteiger partial charge >= 0.3 is 6.18 Å². The number of pyridine rings is 2. The van der Waals surface area contributed by atoms with Gasteiger partial charge < -0.3 is 4.57 Å². The van der Waals surface area contributed by atoms with Gasteiger partial charge in [-0.25, -0.2) is 4.98 Å². The Morgan fingerprint density at radius 3 is 2.59 bits per heavy atom. The number of nitriles is 1. The molecule has 0 aliphatic rings. The Morgan fingerprint density at radius 2 is 1.93 bits per heavy atom. The zero-order chi connectivity index (χ0) is 19.2. The summed E-state index contributed by atoms with van der Waals surface area (Å²) in [6.45, 7) is -1.16.